The minimum atomic E-state index is 0.208. The Balaban J connectivity index is 1.44. The zero-order chi connectivity index (χ0) is 18.6. The first-order chi connectivity index (χ1) is 13.2. The minimum Gasteiger partial charge on any atom is -0.464 e. The maximum Gasteiger partial charge on any atom is 0.187 e. The second-order valence-corrected chi connectivity index (χ2v) is 7.28. The molecule has 5 nitrogen and oxygen atoms in total. The molecular formula is C21H17N3O2S. The molecule has 2 aromatic carbocycles. The van der Waals surface area contributed by atoms with E-state index in [1.165, 1.54) is 5.56 Å². The Bertz CT molecular complexity index is 1100. The lowest BCUT2D eigenvalue weighted by atomic mass is 10.1. The number of nitrogens with one attached hydrogen (secondary N) is 1. The van der Waals surface area contributed by atoms with Crippen LogP contribution < -0.4 is 5.32 Å². The number of anilines is 1. The van der Waals surface area contributed by atoms with Crippen molar-refractivity contribution < 1.29 is 4.42 Å². The molecule has 1 N–H and O–H groups in total. The van der Waals surface area contributed by atoms with Gasteiger partial charge in [0.15, 0.2) is 5.13 Å². The number of hydrogen-bond acceptors (Lipinski definition) is 6. The van der Waals surface area contributed by atoms with Crippen LogP contribution in [0.25, 0.3) is 16.7 Å². The van der Waals surface area contributed by atoms with E-state index < -0.39 is 0 Å². The van der Waals surface area contributed by atoms with Crippen molar-refractivity contribution in [2.75, 3.05) is 5.32 Å². The molecule has 0 unspecified atom stereocenters. The number of fused-ring (bicyclic) bond motifs is 1. The number of rotatable bonds is 7. The average molecular weight is 375 g/mol. The monoisotopic (exact) mass is 375 g/mol. The van der Waals surface area contributed by atoms with Crippen LogP contribution in [0.3, 0.4) is 0 Å². The Morgan fingerprint density at radius 2 is 1.93 bits per heavy atom. The van der Waals surface area contributed by atoms with E-state index in [-0.39, 0.29) is 6.54 Å². The molecule has 0 atom stereocenters. The summed E-state index contributed by atoms with van der Waals surface area (Å²) in [7, 11) is 0. The lowest BCUT2D eigenvalue weighted by molar-refractivity contribution is 0.615. The number of nitrogens with zero attached hydrogens (tertiary/aromatic N) is 2. The summed E-state index contributed by atoms with van der Waals surface area (Å²) in [5, 5.41) is 8.00. The van der Waals surface area contributed by atoms with Crippen molar-refractivity contribution in [3.63, 3.8) is 0 Å². The number of hydrogen-bond donors (Lipinski definition) is 1. The Labute approximate surface area is 160 Å². The van der Waals surface area contributed by atoms with E-state index >= 15 is 0 Å². The Morgan fingerprint density at radius 3 is 2.74 bits per heavy atom. The average Bonchev–Trinajstić information content (AvgIpc) is 3.30. The highest BCUT2D eigenvalue weighted by atomic mass is 32.1. The topological polar surface area (TPSA) is 67.5 Å². The van der Waals surface area contributed by atoms with E-state index in [2.05, 4.69) is 22.1 Å². The molecule has 0 aliphatic carbocycles. The summed E-state index contributed by atoms with van der Waals surface area (Å²) < 4.78 is 5.57. The molecule has 2 aromatic heterocycles. The van der Waals surface area contributed by atoms with Crippen LogP contribution in [-0.2, 0) is 13.0 Å². The molecule has 0 bridgehead atoms. The lowest BCUT2D eigenvalue weighted by Crippen LogP contribution is -1.95. The summed E-state index contributed by atoms with van der Waals surface area (Å²) in [6, 6.07) is 15.8. The van der Waals surface area contributed by atoms with Crippen molar-refractivity contribution in [3.05, 3.63) is 94.0 Å². The van der Waals surface area contributed by atoms with Crippen LogP contribution in [0.15, 0.2) is 77.2 Å². The number of para-hydroxylation sites is 1. The summed E-state index contributed by atoms with van der Waals surface area (Å²) in [4.78, 5) is 15.9. The molecule has 0 spiro atoms. The molecule has 27 heavy (non-hydrogen) atoms. The predicted molar refractivity (Wildman–Crippen MR) is 110 cm³/mol. The molecular weight excluding hydrogens is 358 g/mol. The van der Waals surface area contributed by atoms with Crippen molar-refractivity contribution in [2.45, 2.75) is 13.0 Å². The van der Waals surface area contributed by atoms with Gasteiger partial charge in [-0.1, -0.05) is 54.2 Å². The maximum atomic E-state index is 10.3. The van der Waals surface area contributed by atoms with Crippen molar-refractivity contribution in [1.29, 1.82) is 0 Å². The van der Waals surface area contributed by atoms with Crippen LogP contribution in [0.1, 0.15) is 21.6 Å². The zero-order valence-electron chi connectivity index (χ0n) is 14.5. The quantitative estimate of drug-likeness (QED) is 0.413. The Morgan fingerprint density at radius 1 is 1.15 bits per heavy atom. The predicted octanol–water partition coefficient (Wildman–Crippen LogP) is 5.83. The van der Waals surface area contributed by atoms with Crippen molar-refractivity contribution in [1.82, 2.24) is 4.98 Å². The first-order valence-electron chi connectivity index (χ1n) is 8.47. The molecule has 0 aliphatic heterocycles. The number of benzene rings is 2. The van der Waals surface area contributed by atoms with Crippen molar-refractivity contribution >= 4 is 33.1 Å². The zero-order valence-corrected chi connectivity index (χ0v) is 15.3. The van der Waals surface area contributed by atoms with Crippen LogP contribution in [-0.4, -0.2) is 4.98 Å². The molecule has 4 rings (SSSR count). The van der Waals surface area contributed by atoms with E-state index in [0.29, 0.717) is 0 Å². The van der Waals surface area contributed by atoms with Crippen LogP contribution in [0, 0.1) is 4.91 Å². The van der Waals surface area contributed by atoms with E-state index in [4.69, 9.17) is 4.42 Å². The van der Waals surface area contributed by atoms with Gasteiger partial charge in [0.2, 0.25) is 0 Å². The summed E-state index contributed by atoms with van der Waals surface area (Å²) in [6.07, 6.45) is 4.37. The lowest BCUT2D eigenvalue weighted by Gasteiger charge is -2.04. The standard InChI is InChI=1S/C21H17N3O2S/c1-14(19-13-26-20-5-3-2-4-18(19)20)24-21-22-12-17(27-21)10-15-6-8-16(9-7-15)11-23-25/h2-9,12-13H,1,10-11H2,(H,22,24). The second kappa shape index (κ2) is 7.55. The van der Waals surface area contributed by atoms with E-state index in [1.807, 2.05) is 54.7 Å². The van der Waals surface area contributed by atoms with Crippen molar-refractivity contribution in [2.24, 2.45) is 5.18 Å². The van der Waals surface area contributed by atoms with Gasteiger partial charge in [-0.15, -0.1) is 11.3 Å². The summed E-state index contributed by atoms with van der Waals surface area (Å²) in [6.45, 7) is 4.33. The fourth-order valence-corrected chi connectivity index (χ4v) is 3.77. The highest BCUT2D eigenvalue weighted by Gasteiger charge is 2.10. The second-order valence-electron chi connectivity index (χ2n) is 6.16. The Kier molecular flexibility index (Phi) is 4.80. The number of nitroso groups, excluding NO2 is 1. The normalized spacial score (nSPS) is 10.8. The van der Waals surface area contributed by atoms with Crippen LogP contribution in [0.5, 0.6) is 0 Å². The van der Waals surface area contributed by atoms with Gasteiger partial charge in [0, 0.05) is 34.1 Å². The Hall–Kier alpha value is -3.25. The highest BCUT2D eigenvalue weighted by Crippen LogP contribution is 2.29. The highest BCUT2D eigenvalue weighted by molar-refractivity contribution is 7.15. The van der Waals surface area contributed by atoms with Crippen LogP contribution >= 0.6 is 11.3 Å². The molecule has 0 radical (unpaired) electrons. The fraction of sp³-hybridized carbons (Fsp3) is 0.0952. The smallest absolute Gasteiger partial charge is 0.187 e. The number of furan rings is 1. The van der Waals surface area contributed by atoms with Gasteiger partial charge >= 0.3 is 0 Å². The van der Waals surface area contributed by atoms with Crippen LogP contribution in [0.4, 0.5) is 5.13 Å². The molecule has 0 amide bonds. The third-order valence-corrected chi connectivity index (χ3v) is 5.18. The first-order valence-corrected chi connectivity index (χ1v) is 9.29. The minimum absolute atomic E-state index is 0.208. The largest absolute Gasteiger partial charge is 0.464 e. The molecule has 6 heteroatoms. The van der Waals surface area contributed by atoms with Gasteiger partial charge in [0.25, 0.3) is 0 Å². The number of aromatic nitrogens is 1. The van der Waals surface area contributed by atoms with Gasteiger partial charge in [-0.25, -0.2) is 4.98 Å². The van der Waals surface area contributed by atoms with Gasteiger partial charge < -0.3 is 9.73 Å². The fourth-order valence-electron chi connectivity index (χ4n) is 2.89. The van der Waals surface area contributed by atoms with Gasteiger partial charge in [-0.05, 0) is 17.2 Å². The molecule has 0 aliphatic rings. The van der Waals surface area contributed by atoms with Gasteiger partial charge in [-0.3, -0.25) is 0 Å². The summed E-state index contributed by atoms with van der Waals surface area (Å²) in [5.74, 6) is 0. The maximum absolute atomic E-state index is 10.3. The molecule has 4 aromatic rings. The van der Waals surface area contributed by atoms with Crippen LogP contribution in [0.2, 0.25) is 0 Å². The summed E-state index contributed by atoms with van der Waals surface area (Å²) >= 11 is 1.59. The molecule has 0 saturated carbocycles. The van der Waals surface area contributed by atoms with E-state index in [0.717, 1.165) is 44.2 Å². The molecule has 134 valence electrons. The van der Waals surface area contributed by atoms with E-state index in [1.54, 1.807) is 17.6 Å². The molecule has 0 saturated heterocycles. The van der Waals surface area contributed by atoms with Gasteiger partial charge in [-0.2, -0.15) is 4.91 Å². The van der Waals surface area contributed by atoms with Crippen molar-refractivity contribution in [3.8, 4) is 0 Å². The molecule has 2 heterocycles. The first kappa shape index (κ1) is 17.2. The van der Waals surface area contributed by atoms with Gasteiger partial charge in [0.05, 0.1) is 0 Å². The third kappa shape index (κ3) is 3.80. The number of thiazole rings is 1. The molecule has 0 fully saturated rings. The SMILES string of the molecule is C=C(Nc1ncc(Cc2ccc(CN=O)cc2)s1)c1coc2ccccc12. The summed E-state index contributed by atoms with van der Waals surface area (Å²) in [5.41, 5.74) is 4.61. The third-order valence-electron chi connectivity index (χ3n) is 4.27. The van der Waals surface area contributed by atoms with Gasteiger partial charge in [0.1, 0.15) is 18.4 Å². The van der Waals surface area contributed by atoms with E-state index in [9.17, 15) is 4.91 Å².